The van der Waals surface area contributed by atoms with Gasteiger partial charge in [-0.2, -0.15) is 5.26 Å². The van der Waals surface area contributed by atoms with E-state index in [1.54, 1.807) is 6.19 Å². The molecule has 0 amide bonds. The molecule has 0 aromatic carbocycles. The molecule has 0 heterocycles. The van der Waals surface area contributed by atoms with Gasteiger partial charge >= 0.3 is 5.97 Å². The SMILES string of the molecule is CN(C#N)CC(=O)O.[Na]. The summed E-state index contributed by atoms with van der Waals surface area (Å²) in [4.78, 5) is 10.8. The second-order valence-corrected chi connectivity index (χ2v) is 1.35. The number of nitrogens with zero attached hydrogens (tertiary/aromatic N) is 2. The van der Waals surface area contributed by atoms with E-state index in [-0.39, 0.29) is 36.1 Å². The van der Waals surface area contributed by atoms with Crippen LogP contribution in [0.5, 0.6) is 0 Å². The monoisotopic (exact) mass is 137 g/mol. The van der Waals surface area contributed by atoms with Gasteiger partial charge in [-0.15, -0.1) is 0 Å². The Balaban J connectivity index is 0. The first kappa shape index (κ1) is 11.5. The van der Waals surface area contributed by atoms with Crippen molar-refractivity contribution in [3.05, 3.63) is 0 Å². The molecule has 0 aliphatic rings. The Morgan fingerprint density at radius 3 is 2.44 bits per heavy atom. The minimum atomic E-state index is -0.992. The largest absolute Gasteiger partial charge is 0.480 e. The number of likely N-dealkylation sites (N-methyl/N-ethyl adjacent to an activating group) is 1. The topological polar surface area (TPSA) is 64.3 Å². The molecule has 0 unspecified atom stereocenters. The number of hydrogen-bond donors (Lipinski definition) is 1. The number of nitriles is 1. The zero-order valence-electron chi connectivity index (χ0n) is 5.46. The Morgan fingerprint density at radius 2 is 2.33 bits per heavy atom. The molecule has 4 nitrogen and oxygen atoms in total. The van der Waals surface area contributed by atoms with Gasteiger partial charge in [0, 0.05) is 36.6 Å². The zero-order chi connectivity index (χ0) is 6.57. The first-order valence-electron chi connectivity index (χ1n) is 1.99. The van der Waals surface area contributed by atoms with Gasteiger partial charge in [0.25, 0.3) is 0 Å². The van der Waals surface area contributed by atoms with Crippen LogP contribution in [0.25, 0.3) is 0 Å². The van der Waals surface area contributed by atoms with Gasteiger partial charge < -0.3 is 10.0 Å². The Hall–Kier alpha value is -0.240. The van der Waals surface area contributed by atoms with Gasteiger partial charge in [-0.3, -0.25) is 4.79 Å². The van der Waals surface area contributed by atoms with E-state index in [0.29, 0.717) is 0 Å². The summed E-state index contributed by atoms with van der Waals surface area (Å²) in [7, 11) is 1.41. The van der Waals surface area contributed by atoms with E-state index in [0.717, 1.165) is 4.90 Å². The molecule has 0 fully saturated rings. The van der Waals surface area contributed by atoms with Crippen LogP contribution in [-0.2, 0) is 4.79 Å². The Kier molecular flexibility index (Phi) is 7.55. The van der Waals surface area contributed by atoms with Crippen molar-refractivity contribution in [2.75, 3.05) is 13.6 Å². The van der Waals surface area contributed by atoms with Gasteiger partial charge in [0.15, 0.2) is 6.19 Å². The van der Waals surface area contributed by atoms with E-state index < -0.39 is 5.97 Å². The molecule has 5 heteroatoms. The summed E-state index contributed by atoms with van der Waals surface area (Å²) in [6.07, 6.45) is 1.65. The fraction of sp³-hybridized carbons (Fsp3) is 0.500. The Morgan fingerprint density at radius 1 is 1.89 bits per heavy atom. The van der Waals surface area contributed by atoms with E-state index in [4.69, 9.17) is 10.4 Å². The summed E-state index contributed by atoms with van der Waals surface area (Å²) < 4.78 is 0. The van der Waals surface area contributed by atoms with Crippen molar-refractivity contribution >= 4 is 35.5 Å². The van der Waals surface area contributed by atoms with Gasteiger partial charge in [0.1, 0.15) is 6.54 Å². The molecular formula is C4H6N2NaO2. The summed E-state index contributed by atoms with van der Waals surface area (Å²) in [6, 6.07) is 0. The van der Waals surface area contributed by atoms with E-state index >= 15 is 0 Å². The minimum Gasteiger partial charge on any atom is -0.480 e. The first-order chi connectivity index (χ1) is 3.66. The summed E-state index contributed by atoms with van der Waals surface area (Å²) >= 11 is 0. The maximum Gasteiger partial charge on any atom is 0.323 e. The average molecular weight is 137 g/mol. The Labute approximate surface area is 75.4 Å². The van der Waals surface area contributed by atoms with Gasteiger partial charge in [-0.1, -0.05) is 0 Å². The van der Waals surface area contributed by atoms with Crippen molar-refractivity contribution in [1.82, 2.24) is 4.90 Å². The third kappa shape index (κ3) is 7.76. The minimum absolute atomic E-state index is 0. The molecule has 0 aliphatic carbocycles. The van der Waals surface area contributed by atoms with Crippen molar-refractivity contribution in [3.63, 3.8) is 0 Å². The molecule has 1 N–H and O–H groups in total. The molecule has 0 spiro atoms. The van der Waals surface area contributed by atoms with Crippen LogP contribution < -0.4 is 0 Å². The summed E-state index contributed by atoms with van der Waals surface area (Å²) in [6.45, 7) is -0.226. The molecule has 0 aromatic rings. The number of hydrogen-bond acceptors (Lipinski definition) is 3. The molecule has 1 radical (unpaired) electrons. The predicted molar refractivity (Wildman–Crippen MR) is 31.6 cm³/mol. The average Bonchev–Trinajstić information content (AvgIpc) is 1.65. The molecule has 0 saturated carbocycles. The third-order valence-electron chi connectivity index (χ3n) is 0.543. The summed E-state index contributed by atoms with van der Waals surface area (Å²) in [5.41, 5.74) is 0. The van der Waals surface area contributed by atoms with E-state index in [1.807, 2.05) is 0 Å². The zero-order valence-corrected chi connectivity index (χ0v) is 7.46. The normalized spacial score (nSPS) is 6.67. The van der Waals surface area contributed by atoms with Crippen molar-refractivity contribution in [1.29, 1.82) is 5.26 Å². The molecule has 45 valence electrons. The van der Waals surface area contributed by atoms with Gasteiger partial charge in [0.2, 0.25) is 0 Å². The first-order valence-corrected chi connectivity index (χ1v) is 1.99. The van der Waals surface area contributed by atoms with Crippen LogP contribution in [0.4, 0.5) is 0 Å². The van der Waals surface area contributed by atoms with Crippen LogP contribution in [0.3, 0.4) is 0 Å². The number of carbonyl (C=O) groups is 1. The van der Waals surface area contributed by atoms with Crippen molar-refractivity contribution in [2.45, 2.75) is 0 Å². The fourth-order valence-corrected chi connectivity index (χ4v) is 0.238. The van der Waals surface area contributed by atoms with E-state index in [2.05, 4.69) is 0 Å². The Bertz CT molecular complexity index is 131. The second-order valence-electron chi connectivity index (χ2n) is 1.35. The molecule has 0 rings (SSSR count). The van der Waals surface area contributed by atoms with Gasteiger partial charge in [-0.05, 0) is 0 Å². The van der Waals surface area contributed by atoms with E-state index in [1.165, 1.54) is 7.05 Å². The number of aliphatic carboxylic acids is 1. The molecule has 0 aromatic heterocycles. The van der Waals surface area contributed by atoms with Gasteiger partial charge in [-0.25, -0.2) is 0 Å². The smallest absolute Gasteiger partial charge is 0.323 e. The quantitative estimate of drug-likeness (QED) is 0.304. The second kappa shape index (κ2) is 5.89. The molecule has 0 aliphatic heterocycles. The van der Waals surface area contributed by atoms with Crippen LogP contribution in [-0.4, -0.2) is 59.1 Å². The van der Waals surface area contributed by atoms with Gasteiger partial charge in [0.05, 0.1) is 0 Å². The molecule has 0 saturated heterocycles. The number of carboxylic acids is 1. The molecule has 0 atom stereocenters. The van der Waals surface area contributed by atoms with Crippen molar-refractivity contribution in [3.8, 4) is 6.19 Å². The van der Waals surface area contributed by atoms with Crippen LogP contribution in [0.1, 0.15) is 0 Å². The number of rotatable bonds is 2. The maximum atomic E-state index is 9.78. The standard InChI is InChI=1S/C4H6N2O2.Na/c1-6(3-5)2-4(7)8;/h2H2,1H3,(H,7,8);. The predicted octanol–water partition coefficient (Wildman–Crippen LogP) is -0.897. The summed E-state index contributed by atoms with van der Waals surface area (Å²) in [5, 5.41) is 16.0. The van der Waals surface area contributed by atoms with Crippen LogP contribution in [0.2, 0.25) is 0 Å². The van der Waals surface area contributed by atoms with E-state index in [9.17, 15) is 4.79 Å². The van der Waals surface area contributed by atoms with Crippen molar-refractivity contribution in [2.24, 2.45) is 0 Å². The van der Waals surface area contributed by atoms with Crippen molar-refractivity contribution < 1.29 is 9.90 Å². The van der Waals surface area contributed by atoms with Crippen LogP contribution in [0.15, 0.2) is 0 Å². The number of carboxylic acid groups (broad SMARTS) is 1. The molecular weight excluding hydrogens is 131 g/mol. The van der Waals surface area contributed by atoms with Crippen LogP contribution in [0, 0.1) is 11.5 Å². The van der Waals surface area contributed by atoms with Crippen LogP contribution >= 0.6 is 0 Å². The third-order valence-corrected chi connectivity index (χ3v) is 0.543. The summed E-state index contributed by atoms with van der Waals surface area (Å²) in [5.74, 6) is -0.992. The fourth-order valence-electron chi connectivity index (χ4n) is 0.238. The molecule has 9 heavy (non-hydrogen) atoms. The molecule has 0 bridgehead atoms. The maximum absolute atomic E-state index is 9.78.